The Morgan fingerprint density at radius 1 is 1.50 bits per heavy atom. The van der Waals surface area contributed by atoms with Gasteiger partial charge in [-0.2, -0.15) is 5.10 Å². The molecule has 0 N–H and O–H groups in total. The normalized spacial score (nSPS) is 10.3. The fourth-order valence-corrected chi connectivity index (χ4v) is 1.45. The highest BCUT2D eigenvalue weighted by Gasteiger charge is 2.16. The Morgan fingerprint density at radius 2 is 2.28 bits per heavy atom. The van der Waals surface area contributed by atoms with Crippen LogP contribution in [0.4, 0.5) is 10.1 Å². The fourth-order valence-electron chi connectivity index (χ4n) is 1.45. The van der Waals surface area contributed by atoms with Gasteiger partial charge in [-0.1, -0.05) is 0 Å². The fraction of sp³-hybridized carbons (Fsp3) is 0.182. The average Bonchev–Trinajstić information content (AvgIpc) is 2.73. The molecule has 0 bridgehead atoms. The number of rotatable bonds is 4. The molecule has 2 aromatic rings. The zero-order valence-electron chi connectivity index (χ0n) is 9.54. The molecular weight excluding hydrogens is 241 g/mol. The largest absolute Gasteiger partial charge is 0.480 e. The number of nitrogens with zero attached hydrogens (tertiary/aromatic N) is 3. The van der Waals surface area contributed by atoms with E-state index < -0.39 is 16.4 Å². The van der Waals surface area contributed by atoms with Crippen molar-refractivity contribution in [1.82, 2.24) is 9.78 Å². The summed E-state index contributed by atoms with van der Waals surface area (Å²) in [4.78, 5) is 10.1. The number of nitro groups is 1. The molecule has 0 fully saturated rings. The number of aryl methyl sites for hydroxylation is 1. The molecule has 0 spiro atoms. The summed E-state index contributed by atoms with van der Waals surface area (Å²) >= 11 is 0. The monoisotopic (exact) mass is 251 g/mol. The first-order valence-electron chi connectivity index (χ1n) is 5.11. The second-order valence-electron chi connectivity index (χ2n) is 3.60. The van der Waals surface area contributed by atoms with Gasteiger partial charge in [0.15, 0.2) is 5.75 Å². The van der Waals surface area contributed by atoms with Crippen molar-refractivity contribution in [3.8, 4) is 5.75 Å². The predicted octanol–water partition coefficient (Wildman–Crippen LogP) is 2.05. The van der Waals surface area contributed by atoms with E-state index in [0.29, 0.717) is 0 Å². The SMILES string of the molecule is Cn1nccc1COc1ccc(F)cc1[N+](=O)[O-]. The first-order valence-corrected chi connectivity index (χ1v) is 5.11. The lowest BCUT2D eigenvalue weighted by molar-refractivity contribution is -0.386. The molecule has 0 radical (unpaired) electrons. The summed E-state index contributed by atoms with van der Waals surface area (Å²) < 4.78 is 19.8. The maximum absolute atomic E-state index is 12.9. The summed E-state index contributed by atoms with van der Waals surface area (Å²) in [7, 11) is 1.73. The van der Waals surface area contributed by atoms with Gasteiger partial charge in [-0.15, -0.1) is 0 Å². The number of hydrogen-bond donors (Lipinski definition) is 0. The van der Waals surface area contributed by atoms with Crippen LogP contribution in [-0.2, 0) is 13.7 Å². The standard InChI is InChI=1S/C11H10FN3O3/c1-14-9(4-5-13-14)7-18-11-3-2-8(12)6-10(11)15(16)17/h2-6H,7H2,1H3. The number of aromatic nitrogens is 2. The molecule has 0 saturated heterocycles. The molecule has 0 saturated carbocycles. The van der Waals surface area contributed by atoms with Crippen LogP contribution in [-0.4, -0.2) is 14.7 Å². The maximum Gasteiger partial charge on any atom is 0.313 e. The van der Waals surface area contributed by atoms with Gasteiger partial charge in [0, 0.05) is 13.2 Å². The molecule has 0 atom stereocenters. The Morgan fingerprint density at radius 3 is 2.89 bits per heavy atom. The average molecular weight is 251 g/mol. The number of halogens is 1. The van der Waals surface area contributed by atoms with Gasteiger partial charge in [-0.25, -0.2) is 4.39 Å². The summed E-state index contributed by atoms with van der Waals surface area (Å²) in [6.07, 6.45) is 1.60. The highest BCUT2D eigenvalue weighted by Crippen LogP contribution is 2.28. The highest BCUT2D eigenvalue weighted by atomic mass is 19.1. The molecule has 0 aliphatic heterocycles. The molecule has 6 nitrogen and oxygen atoms in total. The van der Waals surface area contributed by atoms with E-state index in [0.717, 1.165) is 17.8 Å². The van der Waals surface area contributed by atoms with Crippen LogP contribution < -0.4 is 4.74 Å². The molecule has 1 aromatic heterocycles. The van der Waals surface area contributed by atoms with Crippen molar-refractivity contribution in [3.05, 3.63) is 52.1 Å². The van der Waals surface area contributed by atoms with Crippen molar-refractivity contribution in [1.29, 1.82) is 0 Å². The molecule has 0 aliphatic carbocycles. The van der Waals surface area contributed by atoms with Crippen molar-refractivity contribution in [2.24, 2.45) is 7.05 Å². The van der Waals surface area contributed by atoms with E-state index in [9.17, 15) is 14.5 Å². The van der Waals surface area contributed by atoms with Gasteiger partial charge in [0.2, 0.25) is 0 Å². The van der Waals surface area contributed by atoms with Gasteiger partial charge >= 0.3 is 5.69 Å². The van der Waals surface area contributed by atoms with Crippen molar-refractivity contribution in [2.75, 3.05) is 0 Å². The van der Waals surface area contributed by atoms with E-state index in [-0.39, 0.29) is 12.4 Å². The van der Waals surface area contributed by atoms with Crippen LogP contribution in [0.1, 0.15) is 5.69 Å². The minimum absolute atomic E-state index is 0.0302. The van der Waals surface area contributed by atoms with Gasteiger partial charge in [0.25, 0.3) is 0 Å². The zero-order chi connectivity index (χ0) is 13.1. The Hall–Kier alpha value is -2.44. The Bertz CT molecular complexity index is 583. The molecule has 7 heteroatoms. The first kappa shape index (κ1) is 12.0. The number of benzene rings is 1. The van der Waals surface area contributed by atoms with Gasteiger partial charge in [0.1, 0.15) is 12.4 Å². The van der Waals surface area contributed by atoms with Gasteiger partial charge in [-0.05, 0) is 18.2 Å². The van der Waals surface area contributed by atoms with Crippen LogP contribution in [0.3, 0.4) is 0 Å². The van der Waals surface area contributed by atoms with Crippen LogP contribution >= 0.6 is 0 Å². The lowest BCUT2D eigenvalue weighted by Gasteiger charge is -2.06. The molecular formula is C11H10FN3O3. The van der Waals surface area contributed by atoms with Gasteiger partial charge in [-0.3, -0.25) is 14.8 Å². The van der Waals surface area contributed by atoms with Crippen LogP contribution in [0.5, 0.6) is 5.75 Å². The molecule has 0 amide bonds. The lowest BCUT2D eigenvalue weighted by atomic mass is 10.3. The number of hydrogen-bond acceptors (Lipinski definition) is 4. The summed E-state index contributed by atoms with van der Waals surface area (Å²) in [5.74, 6) is -0.641. The predicted molar refractivity (Wildman–Crippen MR) is 60.6 cm³/mol. The van der Waals surface area contributed by atoms with E-state index in [1.54, 1.807) is 24.0 Å². The molecule has 94 valence electrons. The second kappa shape index (κ2) is 4.82. The zero-order valence-corrected chi connectivity index (χ0v) is 9.54. The summed E-state index contributed by atoms with van der Waals surface area (Å²) in [6, 6.07) is 4.92. The maximum atomic E-state index is 12.9. The lowest BCUT2D eigenvalue weighted by Crippen LogP contribution is -2.04. The molecule has 1 heterocycles. The van der Waals surface area contributed by atoms with E-state index in [2.05, 4.69) is 5.10 Å². The van der Waals surface area contributed by atoms with E-state index >= 15 is 0 Å². The third-order valence-electron chi connectivity index (χ3n) is 2.42. The van der Waals surface area contributed by atoms with Gasteiger partial charge < -0.3 is 4.74 Å². The summed E-state index contributed by atoms with van der Waals surface area (Å²) in [5, 5.41) is 14.7. The molecule has 1 aromatic carbocycles. The van der Waals surface area contributed by atoms with E-state index in [4.69, 9.17) is 4.74 Å². The molecule has 0 unspecified atom stereocenters. The smallest absolute Gasteiger partial charge is 0.313 e. The van der Waals surface area contributed by atoms with Crippen molar-refractivity contribution >= 4 is 5.69 Å². The van der Waals surface area contributed by atoms with Crippen molar-refractivity contribution < 1.29 is 14.1 Å². The number of ether oxygens (including phenoxy) is 1. The van der Waals surface area contributed by atoms with Crippen molar-refractivity contribution in [2.45, 2.75) is 6.61 Å². The third kappa shape index (κ3) is 2.45. The van der Waals surface area contributed by atoms with Crippen LogP contribution in [0, 0.1) is 15.9 Å². The van der Waals surface area contributed by atoms with Crippen LogP contribution in [0.15, 0.2) is 30.5 Å². The van der Waals surface area contributed by atoms with Crippen LogP contribution in [0.25, 0.3) is 0 Å². The Labute approximate surface area is 102 Å². The minimum atomic E-state index is -0.679. The van der Waals surface area contributed by atoms with E-state index in [1.807, 2.05) is 0 Å². The third-order valence-corrected chi connectivity index (χ3v) is 2.42. The minimum Gasteiger partial charge on any atom is -0.480 e. The Balaban J connectivity index is 2.19. The summed E-state index contributed by atoms with van der Waals surface area (Å²) in [6.45, 7) is 0.128. The number of nitro benzene ring substituents is 1. The van der Waals surface area contributed by atoms with E-state index in [1.165, 1.54) is 6.07 Å². The molecule has 2 rings (SSSR count). The molecule has 18 heavy (non-hydrogen) atoms. The second-order valence-corrected chi connectivity index (χ2v) is 3.60. The van der Waals surface area contributed by atoms with Gasteiger partial charge in [0.05, 0.1) is 16.7 Å². The quantitative estimate of drug-likeness (QED) is 0.616. The Kier molecular flexibility index (Phi) is 3.22. The van der Waals surface area contributed by atoms with Crippen molar-refractivity contribution in [3.63, 3.8) is 0 Å². The first-order chi connectivity index (χ1) is 8.58. The topological polar surface area (TPSA) is 70.2 Å². The molecule has 0 aliphatic rings. The van der Waals surface area contributed by atoms with Crippen LogP contribution in [0.2, 0.25) is 0 Å². The highest BCUT2D eigenvalue weighted by molar-refractivity contribution is 5.46. The summed E-state index contributed by atoms with van der Waals surface area (Å²) in [5.41, 5.74) is 0.366.